The predicted octanol–water partition coefficient (Wildman–Crippen LogP) is 2.64. The van der Waals surface area contributed by atoms with Crippen LogP contribution in [0.3, 0.4) is 0 Å². The molecule has 6 heteroatoms. The SMILES string of the molecule is CCCNc1cc(N(CCOC)C2CC2)nc(SC)n1. The van der Waals surface area contributed by atoms with Crippen molar-refractivity contribution in [3.63, 3.8) is 0 Å². The highest BCUT2D eigenvalue weighted by Gasteiger charge is 2.30. The fraction of sp³-hybridized carbons (Fsp3) is 0.714. The molecule has 112 valence electrons. The van der Waals surface area contributed by atoms with Gasteiger partial charge in [-0.05, 0) is 25.5 Å². The lowest BCUT2D eigenvalue weighted by molar-refractivity contribution is 0.204. The summed E-state index contributed by atoms with van der Waals surface area (Å²) in [5, 5.41) is 4.18. The van der Waals surface area contributed by atoms with E-state index in [2.05, 4.69) is 33.2 Å². The molecular weight excluding hydrogens is 272 g/mol. The molecule has 0 aromatic carbocycles. The van der Waals surface area contributed by atoms with Gasteiger partial charge >= 0.3 is 0 Å². The van der Waals surface area contributed by atoms with Gasteiger partial charge in [-0.3, -0.25) is 0 Å². The number of aromatic nitrogens is 2. The Bertz CT molecular complexity index is 426. The van der Waals surface area contributed by atoms with Crippen molar-refractivity contribution in [1.29, 1.82) is 0 Å². The summed E-state index contributed by atoms with van der Waals surface area (Å²) in [6.07, 6.45) is 5.60. The number of nitrogens with zero attached hydrogens (tertiary/aromatic N) is 3. The van der Waals surface area contributed by atoms with Crippen LogP contribution in [0.1, 0.15) is 26.2 Å². The molecule has 1 saturated carbocycles. The lowest BCUT2D eigenvalue weighted by Gasteiger charge is -2.24. The molecule has 0 spiro atoms. The lowest BCUT2D eigenvalue weighted by atomic mass is 10.4. The number of nitrogens with one attached hydrogen (secondary N) is 1. The van der Waals surface area contributed by atoms with Crippen LogP contribution in [0.15, 0.2) is 11.2 Å². The van der Waals surface area contributed by atoms with Gasteiger partial charge in [0.1, 0.15) is 11.6 Å². The van der Waals surface area contributed by atoms with E-state index in [9.17, 15) is 0 Å². The van der Waals surface area contributed by atoms with Gasteiger partial charge < -0.3 is 15.0 Å². The van der Waals surface area contributed by atoms with E-state index in [1.807, 2.05) is 6.26 Å². The fourth-order valence-corrected chi connectivity index (χ4v) is 2.43. The average Bonchev–Trinajstić information content (AvgIpc) is 3.30. The van der Waals surface area contributed by atoms with Crippen molar-refractivity contribution in [1.82, 2.24) is 9.97 Å². The van der Waals surface area contributed by atoms with E-state index in [1.165, 1.54) is 12.8 Å². The van der Waals surface area contributed by atoms with Crippen LogP contribution in [0.5, 0.6) is 0 Å². The zero-order valence-electron chi connectivity index (χ0n) is 12.6. The number of methoxy groups -OCH3 is 1. The number of hydrogen-bond donors (Lipinski definition) is 1. The number of anilines is 2. The van der Waals surface area contributed by atoms with E-state index in [0.717, 1.165) is 42.9 Å². The van der Waals surface area contributed by atoms with Gasteiger partial charge in [-0.1, -0.05) is 18.7 Å². The van der Waals surface area contributed by atoms with Crippen LogP contribution in [-0.2, 0) is 4.74 Å². The molecule has 0 radical (unpaired) electrons. The van der Waals surface area contributed by atoms with Crippen molar-refractivity contribution >= 4 is 23.4 Å². The van der Waals surface area contributed by atoms with Crippen molar-refractivity contribution in [2.45, 2.75) is 37.4 Å². The van der Waals surface area contributed by atoms with E-state index < -0.39 is 0 Å². The quantitative estimate of drug-likeness (QED) is 0.558. The normalized spacial score (nSPS) is 14.3. The fourth-order valence-electron chi connectivity index (χ4n) is 2.05. The maximum absolute atomic E-state index is 5.22. The Balaban J connectivity index is 2.18. The zero-order valence-corrected chi connectivity index (χ0v) is 13.4. The Labute approximate surface area is 125 Å². The summed E-state index contributed by atoms with van der Waals surface area (Å²) in [6.45, 7) is 4.71. The van der Waals surface area contributed by atoms with Gasteiger partial charge in [0.05, 0.1) is 6.61 Å². The van der Waals surface area contributed by atoms with Gasteiger partial charge in [0.25, 0.3) is 0 Å². The smallest absolute Gasteiger partial charge is 0.191 e. The summed E-state index contributed by atoms with van der Waals surface area (Å²) in [7, 11) is 1.74. The first-order chi connectivity index (χ1) is 9.78. The molecule has 20 heavy (non-hydrogen) atoms. The highest BCUT2D eigenvalue weighted by Crippen LogP contribution is 2.32. The third kappa shape index (κ3) is 4.24. The number of thioether (sulfide) groups is 1. The Morgan fingerprint density at radius 1 is 1.45 bits per heavy atom. The topological polar surface area (TPSA) is 50.3 Å². The Hall–Kier alpha value is -1.01. The van der Waals surface area contributed by atoms with Gasteiger partial charge in [0.2, 0.25) is 0 Å². The molecule has 1 aliphatic carbocycles. The van der Waals surface area contributed by atoms with Crippen molar-refractivity contribution in [2.75, 3.05) is 43.3 Å². The predicted molar refractivity (Wildman–Crippen MR) is 84.8 cm³/mol. The van der Waals surface area contributed by atoms with Crippen LogP contribution in [-0.4, -0.2) is 49.1 Å². The summed E-state index contributed by atoms with van der Waals surface area (Å²) in [5.74, 6) is 1.94. The minimum Gasteiger partial charge on any atom is -0.383 e. The van der Waals surface area contributed by atoms with Crippen LogP contribution in [0.4, 0.5) is 11.6 Å². The van der Waals surface area contributed by atoms with Crippen molar-refractivity contribution in [3.8, 4) is 0 Å². The molecule has 1 N–H and O–H groups in total. The lowest BCUT2D eigenvalue weighted by Crippen LogP contribution is -2.30. The minimum atomic E-state index is 0.619. The number of hydrogen-bond acceptors (Lipinski definition) is 6. The Kier molecular flexibility index (Phi) is 5.91. The van der Waals surface area contributed by atoms with E-state index >= 15 is 0 Å². The van der Waals surface area contributed by atoms with E-state index in [4.69, 9.17) is 4.74 Å². The van der Waals surface area contributed by atoms with Crippen molar-refractivity contribution < 1.29 is 4.74 Å². The zero-order chi connectivity index (χ0) is 14.4. The van der Waals surface area contributed by atoms with Gasteiger partial charge in [0.15, 0.2) is 5.16 Å². The molecule has 0 atom stereocenters. The van der Waals surface area contributed by atoms with Crippen LogP contribution in [0, 0.1) is 0 Å². The molecule has 1 aliphatic rings. The third-order valence-corrected chi connectivity index (χ3v) is 3.80. The number of ether oxygens (including phenoxy) is 1. The highest BCUT2D eigenvalue weighted by atomic mass is 32.2. The summed E-state index contributed by atoms with van der Waals surface area (Å²) in [4.78, 5) is 11.5. The first kappa shape index (κ1) is 15.4. The molecule has 0 unspecified atom stereocenters. The molecule has 1 fully saturated rings. The largest absolute Gasteiger partial charge is 0.383 e. The molecule has 0 bridgehead atoms. The molecule has 5 nitrogen and oxygen atoms in total. The van der Waals surface area contributed by atoms with Gasteiger partial charge in [-0.25, -0.2) is 9.97 Å². The molecule has 1 aromatic rings. The van der Waals surface area contributed by atoms with Gasteiger partial charge in [-0.15, -0.1) is 0 Å². The standard InChI is InChI=1S/C14H24N4OS/c1-4-7-15-12-10-13(17-14(16-12)20-3)18(8-9-19-2)11-5-6-11/h10-11H,4-9H2,1-3H3,(H,15,16,17). The molecule has 0 amide bonds. The second-order valence-electron chi connectivity index (χ2n) is 4.94. The van der Waals surface area contributed by atoms with Crippen molar-refractivity contribution in [2.24, 2.45) is 0 Å². The van der Waals surface area contributed by atoms with Crippen molar-refractivity contribution in [3.05, 3.63) is 6.07 Å². The monoisotopic (exact) mass is 296 g/mol. The molecule has 1 aromatic heterocycles. The Morgan fingerprint density at radius 3 is 2.85 bits per heavy atom. The van der Waals surface area contributed by atoms with Crippen LogP contribution in [0.25, 0.3) is 0 Å². The van der Waals surface area contributed by atoms with Crippen LogP contribution >= 0.6 is 11.8 Å². The molecule has 0 aliphatic heterocycles. The third-order valence-electron chi connectivity index (χ3n) is 3.25. The van der Waals surface area contributed by atoms with E-state index in [1.54, 1.807) is 18.9 Å². The average molecular weight is 296 g/mol. The molecular formula is C14H24N4OS. The number of rotatable bonds is 9. The Morgan fingerprint density at radius 2 is 2.25 bits per heavy atom. The summed E-state index contributed by atoms with van der Waals surface area (Å²) < 4.78 is 5.22. The molecule has 2 rings (SSSR count). The maximum atomic E-state index is 5.22. The molecule has 0 saturated heterocycles. The van der Waals surface area contributed by atoms with Crippen LogP contribution < -0.4 is 10.2 Å². The molecule has 1 heterocycles. The first-order valence-corrected chi connectivity index (χ1v) is 8.43. The van der Waals surface area contributed by atoms with Crippen LogP contribution in [0.2, 0.25) is 0 Å². The summed E-state index contributed by atoms with van der Waals surface area (Å²) in [5.41, 5.74) is 0. The van der Waals surface area contributed by atoms with Gasteiger partial charge in [0, 0.05) is 32.3 Å². The summed E-state index contributed by atoms with van der Waals surface area (Å²) >= 11 is 1.58. The van der Waals surface area contributed by atoms with Gasteiger partial charge in [-0.2, -0.15) is 0 Å². The second-order valence-corrected chi connectivity index (χ2v) is 5.72. The minimum absolute atomic E-state index is 0.619. The first-order valence-electron chi connectivity index (χ1n) is 7.21. The van der Waals surface area contributed by atoms with E-state index in [0.29, 0.717) is 6.04 Å². The highest BCUT2D eigenvalue weighted by molar-refractivity contribution is 7.98. The maximum Gasteiger partial charge on any atom is 0.191 e. The van der Waals surface area contributed by atoms with E-state index in [-0.39, 0.29) is 0 Å². The second kappa shape index (κ2) is 7.69. The summed E-state index contributed by atoms with van der Waals surface area (Å²) in [6, 6.07) is 2.68.